The first-order valence-electron chi connectivity index (χ1n) is 8.15. The van der Waals surface area contributed by atoms with Gasteiger partial charge < -0.3 is 4.90 Å². The van der Waals surface area contributed by atoms with Crippen LogP contribution in [-0.2, 0) is 7.05 Å². The van der Waals surface area contributed by atoms with Gasteiger partial charge in [-0.15, -0.1) is 0 Å². The smallest absolute Gasteiger partial charge is 0.272 e. The Bertz CT molecular complexity index is 927. The van der Waals surface area contributed by atoms with Crippen LogP contribution in [0.1, 0.15) is 34.2 Å². The number of carbonyl (C=O) groups is 1. The lowest BCUT2D eigenvalue weighted by atomic mass is 9.94. The summed E-state index contributed by atoms with van der Waals surface area (Å²) in [5.74, 6) is -0.369. The summed E-state index contributed by atoms with van der Waals surface area (Å²) in [5, 5.41) is 11.3. The number of aromatic nitrogens is 4. The van der Waals surface area contributed by atoms with Gasteiger partial charge >= 0.3 is 0 Å². The summed E-state index contributed by atoms with van der Waals surface area (Å²) < 4.78 is 14.9. The van der Waals surface area contributed by atoms with Crippen molar-refractivity contribution < 1.29 is 9.18 Å². The van der Waals surface area contributed by atoms with Crippen LogP contribution < -0.4 is 0 Å². The fourth-order valence-electron chi connectivity index (χ4n) is 3.14. The molecule has 0 aliphatic carbocycles. The molecule has 1 aliphatic rings. The Kier molecular flexibility index (Phi) is 3.63. The first-order valence-corrected chi connectivity index (χ1v) is 8.15. The molecule has 0 spiro atoms. The molecule has 128 valence electrons. The van der Waals surface area contributed by atoms with Crippen LogP contribution in [0, 0.1) is 12.7 Å². The van der Waals surface area contributed by atoms with E-state index in [9.17, 15) is 9.18 Å². The van der Waals surface area contributed by atoms with Gasteiger partial charge in [0.2, 0.25) is 0 Å². The first-order chi connectivity index (χ1) is 12.0. The largest absolute Gasteiger partial charge is 0.330 e. The van der Waals surface area contributed by atoms with Gasteiger partial charge in [0.1, 0.15) is 11.5 Å². The normalized spacial score (nSPS) is 16.8. The Morgan fingerprint density at radius 3 is 2.68 bits per heavy atom. The van der Waals surface area contributed by atoms with Gasteiger partial charge in [-0.2, -0.15) is 10.2 Å². The maximum Gasteiger partial charge on any atom is 0.272 e. The molecule has 1 aliphatic heterocycles. The number of likely N-dealkylation sites (tertiary alicyclic amines) is 1. The molecule has 3 heterocycles. The molecule has 1 atom stereocenters. The van der Waals surface area contributed by atoms with Crippen LogP contribution >= 0.6 is 0 Å². The molecule has 6 nitrogen and oxygen atoms in total. The minimum absolute atomic E-state index is 0.0139. The molecule has 1 N–H and O–H groups in total. The molecule has 4 rings (SSSR count). The summed E-state index contributed by atoms with van der Waals surface area (Å²) in [7, 11) is 1.87. The number of nitrogens with zero attached hydrogens (tertiary/aromatic N) is 4. The number of amides is 1. The Morgan fingerprint density at radius 1 is 1.32 bits per heavy atom. The van der Waals surface area contributed by atoms with Gasteiger partial charge in [-0.1, -0.05) is 12.1 Å². The molecule has 1 aromatic carbocycles. The van der Waals surface area contributed by atoms with Gasteiger partial charge in [-0.05, 0) is 37.1 Å². The third-order valence-corrected chi connectivity index (χ3v) is 4.85. The average molecular weight is 339 g/mol. The van der Waals surface area contributed by atoms with Crippen molar-refractivity contribution in [3.63, 3.8) is 0 Å². The lowest BCUT2D eigenvalue weighted by Gasteiger charge is -2.41. The number of hydrogen-bond acceptors (Lipinski definition) is 3. The molecule has 0 radical (unpaired) electrons. The lowest BCUT2D eigenvalue weighted by molar-refractivity contribution is 0.0454. The summed E-state index contributed by atoms with van der Waals surface area (Å²) in [6.07, 6.45) is 2.62. The zero-order valence-corrected chi connectivity index (χ0v) is 14.0. The number of aryl methyl sites for hydroxylation is 1. The van der Waals surface area contributed by atoms with Crippen molar-refractivity contribution in [1.29, 1.82) is 0 Å². The second-order valence-corrected chi connectivity index (χ2v) is 6.29. The molecule has 1 fully saturated rings. The Balaban J connectivity index is 1.55. The third kappa shape index (κ3) is 2.61. The molecule has 3 aromatic rings. The highest BCUT2D eigenvalue weighted by Crippen LogP contribution is 2.34. The third-order valence-electron chi connectivity index (χ3n) is 4.85. The van der Waals surface area contributed by atoms with Crippen molar-refractivity contribution in [1.82, 2.24) is 24.9 Å². The summed E-state index contributed by atoms with van der Waals surface area (Å²) in [5.41, 5.74) is 3.98. The summed E-state index contributed by atoms with van der Waals surface area (Å²) in [4.78, 5) is 14.6. The maximum absolute atomic E-state index is 13.1. The molecule has 7 heteroatoms. The summed E-state index contributed by atoms with van der Waals surface area (Å²) >= 11 is 0. The van der Waals surface area contributed by atoms with Crippen LogP contribution in [0.25, 0.3) is 11.3 Å². The Hall–Kier alpha value is -2.96. The van der Waals surface area contributed by atoms with Crippen LogP contribution in [0.5, 0.6) is 0 Å². The van der Waals surface area contributed by atoms with Gasteiger partial charge in [0.15, 0.2) is 0 Å². The van der Waals surface area contributed by atoms with E-state index in [0.717, 1.165) is 23.2 Å². The van der Waals surface area contributed by atoms with E-state index in [4.69, 9.17) is 0 Å². The van der Waals surface area contributed by atoms with Crippen molar-refractivity contribution in [2.75, 3.05) is 6.54 Å². The minimum atomic E-state index is -0.272. The Morgan fingerprint density at radius 2 is 2.08 bits per heavy atom. The highest BCUT2D eigenvalue weighted by molar-refractivity contribution is 5.94. The fraction of sp³-hybridized carbons (Fsp3) is 0.278. The number of hydrogen-bond donors (Lipinski definition) is 1. The quantitative estimate of drug-likeness (QED) is 0.798. The van der Waals surface area contributed by atoms with Crippen LogP contribution in [0.4, 0.5) is 4.39 Å². The maximum atomic E-state index is 13.1. The summed E-state index contributed by atoms with van der Waals surface area (Å²) in [6, 6.07) is 8.06. The Labute approximate surface area is 144 Å². The van der Waals surface area contributed by atoms with E-state index in [-0.39, 0.29) is 17.8 Å². The zero-order chi connectivity index (χ0) is 17.6. The first kappa shape index (κ1) is 15.6. The highest BCUT2D eigenvalue weighted by atomic mass is 19.1. The number of aromatic amines is 1. The minimum Gasteiger partial charge on any atom is -0.330 e. The molecule has 25 heavy (non-hydrogen) atoms. The highest BCUT2D eigenvalue weighted by Gasteiger charge is 2.34. The lowest BCUT2D eigenvalue weighted by Crippen LogP contribution is -2.45. The van der Waals surface area contributed by atoms with E-state index < -0.39 is 0 Å². The molecule has 1 amide bonds. The van der Waals surface area contributed by atoms with E-state index in [2.05, 4.69) is 15.3 Å². The average Bonchev–Trinajstić information content (AvgIpc) is 3.16. The van der Waals surface area contributed by atoms with Crippen molar-refractivity contribution >= 4 is 5.91 Å². The predicted octanol–water partition coefficient (Wildman–Crippen LogP) is 2.84. The van der Waals surface area contributed by atoms with Crippen molar-refractivity contribution in [3.8, 4) is 11.3 Å². The summed E-state index contributed by atoms with van der Waals surface area (Å²) in [6.45, 7) is 2.64. The van der Waals surface area contributed by atoms with Crippen molar-refractivity contribution in [2.24, 2.45) is 7.05 Å². The van der Waals surface area contributed by atoms with E-state index >= 15 is 0 Å². The van der Waals surface area contributed by atoms with E-state index in [1.54, 1.807) is 34.0 Å². The molecule has 2 aromatic heterocycles. The van der Waals surface area contributed by atoms with Gasteiger partial charge in [-0.25, -0.2) is 4.39 Å². The second-order valence-electron chi connectivity index (χ2n) is 6.29. The molecule has 1 saturated heterocycles. The number of nitrogens with one attached hydrogen (secondary N) is 1. The number of benzene rings is 1. The van der Waals surface area contributed by atoms with Gasteiger partial charge in [-0.3, -0.25) is 14.6 Å². The number of H-pyrrole nitrogens is 1. The molecule has 0 unspecified atom stereocenters. The zero-order valence-electron chi connectivity index (χ0n) is 14.0. The van der Waals surface area contributed by atoms with Gasteiger partial charge in [0, 0.05) is 24.8 Å². The standard InChI is InChI=1S/C18H18FN5O/c1-11-14(10-20-23(11)2)15-9-16(22-21-15)18(25)24-8-7-17(24)12-3-5-13(19)6-4-12/h3-6,9-10,17H,7-8H2,1-2H3,(H,21,22)/t17-/m1/s1. The van der Waals surface area contributed by atoms with Crippen molar-refractivity contribution in [2.45, 2.75) is 19.4 Å². The van der Waals surface area contributed by atoms with E-state index in [1.807, 2.05) is 14.0 Å². The predicted molar refractivity (Wildman–Crippen MR) is 90.3 cm³/mol. The van der Waals surface area contributed by atoms with E-state index in [1.165, 1.54) is 12.1 Å². The van der Waals surface area contributed by atoms with Crippen LogP contribution in [-0.4, -0.2) is 37.3 Å². The number of rotatable bonds is 3. The molecular weight excluding hydrogens is 321 g/mol. The second kappa shape index (κ2) is 5.84. The van der Waals surface area contributed by atoms with Crippen LogP contribution in [0.2, 0.25) is 0 Å². The topological polar surface area (TPSA) is 66.8 Å². The molecular formula is C18H18FN5O. The van der Waals surface area contributed by atoms with Crippen LogP contribution in [0.3, 0.4) is 0 Å². The number of carbonyl (C=O) groups excluding carboxylic acids is 1. The monoisotopic (exact) mass is 339 g/mol. The van der Waals surface area contributed by atoms with Crippen molar-refractivity contribution in [3.05, 3.63) is 59.3 Å². The molecule has 0 bridgehead atoms. The van der Waals surface area contributed by atoms with Crippen LogP contribution in [0.15, 0.2) is 36.5 Å². The molecule has 0 saturated carbocycles. The van der Waals surface area contributed by atoms with Gasteiger partial charge in [0.05, 0.1) is 17.9 Å². The number of halogens is 1. The fourth-order valence-corrected chi connectivity index (χ4v) is 3.14. The van der Waals surface area contributed by atoms with Gasteiger partial charge in [0.25, 0.3) is 5.91 Å². The van der Waals surface area contributed by atoms with E-state index in [0.29, 0.717) is 17.9 Å². The SMILES string of the molecule is Cc1c(-c2cc(C(=O)N3CC[C@@H]3c3ccc(F)cc3)[nH]n2)cnn1C.